The molecular formula is C17H31ClN4O4. The maximum absolute atomic E-state index is 12.5. The van der Waals surface area contributed by atoms with Crippen molar-refractivity contribution in [2.75, 3.05) is 39.9 Å². The van der Waals surface area contributed by atoms with Crippen LogP contribution in [0.25, 0.3) is 0 Å². The van der Waals surface area contributed by atoms with Gasteiger partial charge in [0.05, 0.1) is 6.61 Å². The molecule has 0 saturated carbocycles. The molecule has 2 heterocycles. The molecule has 2 saturated heterocycles. The van der Waals surface area contributed by atoms with Gasteiger partial charge in [0.1, 0.15) is 12.1 Å². The molecule has 0 aromatic carbocycles. The topological polar surface area (TPSA) is 99.8 Å². The third-order valence-electron chi connectivity index (χ3n) is 5.53. The summed E-state index contributed by atoms with van der Waals surface area (Å²) in [7, 11) is 1.66. The predicted octanol–water partition coefficient (Wildman–Crippen LogP) is 0.651. The summed E-state index contributed by atoms with van der Waals surface area (Å²) < 4.78 is 5.33. The van der Waals surface area contributed by atoms with Crippen LogP contribution in [0, 0.1) is 5.41 Å². The summed E-state index contributed by atoms with van der Waals surface area (Å²) in [4.78, 5) is 38.0. The molecule has 2 rings (SSSR count). The summed E-state index contributed by atoms with van der Waals surface area (Å²) >= 11 is 0. The molecule has 2 aliphatic heterocycles. The van der Waals surface area contributed by atoms with Gasteiger partial charge in [-0.1, -0.05) is 13.8 Å². The number of methoxy groups -OCH3 is 1. The summed E-state index contributed by atoms with van der Waals surface area (Å²) in [6.07, 6.45) is 2.85. The van der Waals surface area contributed by atoms with Gasteiger partial charge in [-0.05, 0) is 38.8 Å². The maximum atomic E-state index is 12.5. The largest absolute Gasteiger partial charge is 0.384 e. The number of amides is 4. The van der Waals surface area contributed by atoms with Gasteiger partial charge in [-0.3, -0.25) is 14.5 Å². The van der Waals surface area contributed by atoms with Gasteiger partial charge in [-0.25, -0.2) is 4.79 Å². The quantitative estimate of drug-likeness (QED) is 0.528. The second kappa shape index (κ2) is 9.53. The Morgan fingerprint density at radius 1 is 1.23 bits per heavy atom. The number of imide groups is 1. The van der Waals surface area contributed by atoms with Crippen LogP contribution < -0.4 is 16.0 Å². The second-order valence-corrected chi connectivity index (χ2v) is 7.07. The summed E-state index contributed by atoms with van der Waals surface area (Å²) in [5, 5.41) is 8.93. The number of hydrogen-bond donors (Lipinski definition) is 3. The summed E-state index contributed by atoms with van der Waals surface area (Å²) in [5.41, 5.74) is -0.965. The van der Waals surface area contributed by atoms with Crippen molar-refractivity contribution in [3.05, 3.63) is 0 Å². The van der Waals surface area contributed by atoms with Crippen molar-refractivity contribution in [2.24, 2.45) is 5.41 Å². The molecule has 0 spiro atoms. The van der Waals surface area contributed by atoms with E-state index in [0.717, 1.165) is 30.8 Å². The van der Waals surface area contributed by atoms with Gasteiger partial charge in [0.2, 0.25) is 5.91 Å². The van der Waals surface area contributed by atoms with E-state index >= 15 is 0 Å². The van der Waals surface area contributed by atoms with Gasteiger partial charge >= 0.3 is 6.03 Å². The van der Waals surface area contributed by atoms with E-state index in [9.17, 15) is 14.4 Å². The lowest BCUT2D eigenvalue weighted by Crippen LogP contribution is -2.50. The van der Waals surface area contributed by atoms with E-state index in [0.29, 0.717) is 26.0 Å². The third-order valence-corrected chi connectivity index (χ3v) is 5.53. The molecule has 2 fully saturated rings. The van der Waals surface area contributed by atoms with E-state index in [2.05, 4.69) is 16.0 Å². The first-order valence-corrected chi connectivity index (χ1v) is 9.02. The highest BCUT2D eigenvalue weighted by molar-refractivity contribution is 6.08. The van der Waals surface area contributed by atoms with Crippen molar-refractivity contribution in [1.82, 2.24) is 20.9 Å². The Bertz CT molecular complexity index is 513. The van der Waals surface area contributed by atoms with E-state index in [-0.39, 0.29) is 36.2 Å². The lowest BCUT2D eigenvalue weighted by atomic mass is 9.79. The number of ether oxygens (including phenoxy) is 1. The highest BCUT2D eigenvalue weighted by atomic mass is 35.5. The number of urea groups is 1. The zero-order chi connectivity index (χ0) is 18.5. The first kappa shape index (κ1) is 22.7. The van der Waals surface area contributed by atoms with E-state index < -0.39 is 11.6 Å². The number of halogens is 1. The van der Waals surface area contributed by atoms with Crippen LogP contribution in [-0.4, -0.2) is 68.2 Å². The Morgan fingerprint density at radius 3 is 2.35 bits per heavy atom. The van der Waals surface area contributed by atoms with Crippen LogP contribution in [0.15, 0.2) is 0 Å². The highest BCUT2D eigenvalue weighted by Crippen LogP contribution is 2.28. The Kier molecular flexibility index (Phi) is 8.30. The molecule has 0 atom stereocenters. The number of piperidine rings is 1. The minimum atomic E-state index is -0.871. The monoisotopic (exact) mass is 390 g/mol. The number of hydrogen-bond acceptors (Lipinski definition) is 5. The van der Waals surface area contributed by atoms with E-state index in [4.69, 9.17) is 4.74 Å². The van der Waals surface area contributed by atoms with Gasteiger partial charge in [-0.15, -0.1) is 12.4 Å². The standard InChI is InChI=1S/C17H30N4O4.ClH/c1-4-17(5-2)14(23)21(15(24)20-17)10-13(22)19-11-16(12-25-3)6-8-18-9-7-16;/h18H,4-12H2,1-3H3,(H,19,22)(H,20,24);1H. The molecule has 0 bridgehead atoms. The van der Waals surface area contributed by atoms with Crippen molar-refractivity contribution in [1.29, 1.82) is 0 Å². The average molecular weight is 391 g/mol. The van der Waals surface area contributed by atoms with Crippen molar-refractivity contribution in [2.45, 2.75) is 45.1 Å². The van der Waals surface area contributed by atoms with Crippen molar-refractivity contribution >= 4 is 30.3 Å². The minimum absolute atomic E-state index is 0. The maximum Gasteiger partial charge on any atom is 0.325 e. The number of nitrogens with zero attached hydrogens (tertiary/aromatic N) is 1. The van der Waals surface area contributed by atoms with Gasteiger partial charge in [0.15, 0.2) is 0 Å². The Morgan fingerprint density at radius 2 is 1.85 bits per heavy atom. The van der Waals surface area contributed by atoms with Gasteiger partial charge in [0, 0.05) is 19.1 Å². The third kappa shape index (κ3) is 4.66. The molecule has 0 aromatic heterocycles. The molecule has 3 N–H and O–H groups in total. The predicted molar refractivity (Wildman–Crippen MR) is 100 cm³/mol. The first-order valence-electron chi connectivity index (χ1n) is 9.02. The summed E-state index contributed by atoms with van der Waals surface area (Å²) in [5.74, 6) is -0.633. The summed E-state index contributed by atoms with van der Waals surface area (Å²) in [6.45, 7) is 6.32. The smallest absolute Gasteiger partial charge is 0.325 e. The first-order chi connectivity index (χ1) is 11.9. The molecule has 26 heavy (non-hydrogen) atoms. The van der Waals surface area contributed by atoms with Gasteiger partial charge < -0.3 is 20.7 Å². The normalized spacial score (nSPS) is 21.1. The minimum Gasteiger partial charge on any atom is -0.384 e. The van der Waals surface area contributed by atoms with Crippen molar-refractivity contribution in [3.8, 4) is 0 Å². The highest BCUT2D eigenvalue weighted by Gasteiger charge is 2.49. The number of carbonyl (C=O) groups is 3. The number of carbonyl (C=O) groups excluding carboxylic acids is 3. The molecule has 0 unspecified atom stereocenters. The zero-order valence-electron chi connectivity index (χ0n) is 15.9. The van der Waals surface area contributed by atoms with Crippen LogP contribution in [0.4, 0.5) is 4.79 Å². The van der Waals surface area contributed by atoms with Crippen LogP contribution in [0.2, 0.25) is 0 Å². The molecule has 8 nitrogen and oxygen atoms in total. The Labute approximate surface area is 161 Å². The number of rotatable bonds is 8. The SMILES string of the molecule is CCC1(CC)NC(=O)N(CC(=O)NCC2(COC)CCNCC2)C1=O.Cl. The number of nitrogens with one attached hydrogen (secondary N) is 3. The van der Waals surface area contributed by atoms with Crippen LogP contribution in [0.3, 0.4) is 0 Å². The molecule has 150 valence electrons. The molecular weight excluding hydrogens is 360 g/mol. The van der Waals surface area contributed by atoms with Crippen LogP contribution in [0.5, 0.6) is 0 Å². The molecule has 2 aliphatic rings. The van der Waals surface area contributed by atoms with Crippen LogP contribution in [-0.2, 0) is 14.3 Å². The fourth-order valence-electron chi connectivity index (χ4n) is 3.67. The fourth-order valence-corrected chi connectivity index (χ4v) is 3.67. The van der Waals surface area contributed by atoms with Crippen molar-refractivity contribution < 1.29 is 19.1 Å². The van der Waals surface area contributed by atoms with Crippen molar-refractivity contribution in [3.63, 3.8) is 0 Å². The Hall–Kier alpha value is -1.38. The lowest BCUT2D eigenvalue weighted by molar-refractivity contribution is -0.135. The molecule has 0 radical (unpaired) electrons. The molecule has 9 heteroatoms. The van der Waals surface area contributed by atoms with Gasteiger partial charge in [-0.2, -0.15) is 0 Å². The Balaban J connectivity index is 0.00000338. The summed E-state index contributed by atoms with van der Waals surface area (Å²) in [6, 6.07) is -0.489. The lowest BCUT2D eigenvalue weighted by Gasteiger charge is -2.37. The fraction of sp³-hybridized carbons (Fsp3) is 0.824. The zero-order valence-corrected chi connectivity index (χ0v) is 16.7. The van der Waals surface area contributed by atoms with E-state index in [1.54, 1.807) is 7.11 Å². The van der Waals surface area contributed by atoms with Crippen LogP contribution in [0.1, 0.15) is 39.5 Å². The molecule has 0 aromatic rings. The van der Waals surface area contributed by atoms with Crippen LogP contribution >= 0.6 is 12.4 Å². The molecule has 0 aliphatic carbocycles. The second-order valence-electron chi connectivity index (χ2n) is 7.07. The van der Waals surface area contributed by atoms with E-state index in [1.807, 2.05) is 13.8 Å². The van der Waals surface area contributed by atoms with Gasteiger partial charge in [0.25, 0.3) is 5.91 Å². The van der Waals surface area contributed by atoms with E-state index in [1.165, 1.54) is 0 Å². The average Bonchev–Trinajstić information content (AvgIpc) is 2.86. The molecule has 4 amide bonds.